The van der Waals surface area contributed by atoms with Crippen molar-refractivity contribution in [1.82, 2.24) is 4.90 Å². The van der Waals surface area contributed by atoms with Gasteiger partial charge in [0.2, 0.25) is 0 Å². The fraction of sp³-hybridized carbons (Fsp3) is 0.421. The van der Waals surface area contributed by atoms with Gasteiger partial charge in [-0.15, -0.1) is 11.3 Å². The number of carbonyl (C=O) groups is 1. The van der Waals surface area contributed by atoms with Gasteiger partial charge in [-0.1, -0.05) is 30.2 Å². The van der Waals surface area contributed by atoms with Crippen LogP contribution in [0.3, 0.4) is 0 Å². The first kappa shape index (κ1) is 17.6. The van der Waals surface area contributed by atoms with Gasteiger partial charge in [0.05, 0.1) is 9.83 Å². The number of aryl methyl sites for hydroxylation is 2. The smallest absolute Gasteiger partial charge is 0.320 e. The standard InChI is InChI=1S/C19H22BrNO2S/c1-12-6-7-14(13(2)11-12)18(16-8-9-17(20)24-16)21-10-4-3-5-15(21)19(22)23/h6-9,11,15,18H,3-5,10H2,1-2H3,(H,22,23). The quantitative estimate of drug-likeness (QED) is 0.760. The summed E-state index contributed by atoms with van der Waals surface area (Å²) in [6, 6.07) is 10.2. The monoisotopic (exact) mass is 407 g/mol. The molecule has 1 N–H and O–H groups in total. The van der Waals surface area contributed by atoms with Gasteiger partial charge in [0, 0.05) is 4.88 Å². The lowest BCUT2D eigenvalue weighted by atomic mass is 9.92. The number of nitrogens with zero attached hydrogens (tertiary/aromatic N) is 1. The van der Waals surface area contributed by atoms with E-state index in [0.29, 0.717) is 0 Å². The van der Waals surface area contributed by atoms with E-state index in [0.717, 1.165) is 29.6 Å². The Balaban J connectivity index is 2.09. The molecule has 0 amide bonds. The van der Waals surface area contributed by atoms with E-state index < -0.39 is 12.0 Å². The van der Waals surface area contributed by atoms with Crippen LogP contribution in [0.4, 0.5) is 0 Å². The minimum atomic E-state index is -0.708. The molecule has 2 aromatic rings. The normalized spacial score (nSPS) is 20.0. The third-order valence-corrected chi connectivity index (χ3v) is 6.42. The second-order valence-corrected chi connectivity index (χ2v) is 8.99. The molecule has 1 fully saturated rings. The number of hydrogen-bond donors (Lipinski definition) is 1. The predicted molar refractivity (Wildman–Crippen MR) is 102 cm³/mol. The molecule has 1 aromatic carbocycles. The molecule has 0 radical (unpaired) electrons. The highest BCUT2D eigenvalue weighted by Gasteiger charge is 2.36. The van der Waals surface area contributed by atoms with Crippen LogP contribution in [-0.4, -0.2) is 28.6 Å². The van der Waals surface area contributed by atoms with Gasteiger partial charge in [-0.2, -0.15) is 0 Å². The molecule has 1 aliphatic rings. The summed E-state index contributed by atoms with van der Waals surface area (Å²) in [7, 11) is 0. The van der Waals surface area contributed by atoms with Crippen LogP contribution >= 0.6 is 27.3 Å². The molecule has 128 valence electrons. The number of aliphatic carboxylic acids is 1. The SMILES string of the molecule is Cc1ccc(C(c2ccc(Br)s2)N2CCCCC2C(=O)O)c(C)c1. The van der Waals surface area contributed by atoms with Crippen LogP contribution in [0.25, 0.3) is 0 Å². The molecule has 0 saturated carbocycles. The first-order valence-corrected chi connectivity index (χ1v) is 9.89. The summed E-state index contributed by atoms with van der Waals surface area (Å²) < 4.78 is 1.08. The summed E-state index contributed by atoms with van der Waals surface area (Å²) in [4.78, 5) is 15.2. The van der Waals surface area contributed by atoms with Gasteiger partial charge < -0.3 is 5.11 Å². The number of likely N-dealkylation sites (tertiary alicyclic amines) is 1. The summed E-state index contributed by atoms with van der Waals surface area (Å²) in [5, 5.41) is 9.72. The number of benzene rings is 1. The van der Waals surface area contributed by atoms with Gasteiger partial charge in [0.25, 0.3) is 0 Å². The summed E-state index contributed by atoms with van der Waals surface area (Å²) >= 11 is 5.25. The van der Waals surface area contributed by atoms with Crippen LogP contribution in [0.1, 0.15) is 46.9 Å². The number of thiophene rings is 1. The van der Waals surface area contributed by atoms with Crippen LogP contribution in [-0.2, 0) is 4.79 Å². The Morgan fingerprint density at radius 1 is 1.29 bits per heavy atom. The summed E-state index contributed by atoms with van der Waals surface area (Å²) in [6.07, 6.45) is 2.77. The van der Waals surface area contributed by atoms with Crippen molar-refractivity contribution < 1.29 is 9.90 Å². The molecule has 1 aliphatic heterocycles. The topological polar surface area (TPSA) is 40.5 Å². The largest absolute Gasteiger partial charge is 0.480 e. The molecule has 0 bridgehead atoms. The van der Waals surface area contributed by atoms with Crippen molar-refractivity contribution in [3.8, 4) is 0 Å². The third kappa shape index (κ3) is 3.58. The average Bonchev–Trinajstić information content (AvgIpc) is 2.96. The van der Waals surface area contributed by atoms with Crippen molar-refractivity contribution in [1.29, 1.82) is 0 Å². The Kier molecular flexibility index (Phi) is 5.42. The van der Waals surface area contributed by atoms with Crippen LogP contribution in [0, 0.1) is 13.8 Å². The van der Waals surface area contributed by atoms with E-state index in [4.69, 9.17) is 0 Å². The van der Waals surface area contributed by atoms with Gasteiger partial charge >= 0.3 is 5.97 Å². The zero-order valence-electron chi connectivity index (χ0n) is 14.0. The van der Waals surface area contributed by atoms with E-state index >= 15 is 0 Å². The second-order valence-electron chi connectivity index (χ2n) is 6.49. The fourth-order valence-corrected chi connectivity index (χ4v) is 5.20. The summed E-state index contributed by atoms with van der Waals surface area (Å²) in [5.74, 6) is -0.708. The summed E-state index contributed by atoms with van der Waals surface area (Å²) in [5.41, 5.74) is 3.66. The Morgan fingerprint density at radius 2 is 2.08 bits per heavy atom. The van der Waals surface area contributed by atoms with Crippen molar-refractivity contribution in [3.05, 3.63) is 55.7 Å². The third-order valence-electron chi connectivity index (χ3n) is 4.74. The average molecular weight is 408 g/mol. The molecule has 0 aliphatic carbocycles. The molecule has 5 heteroatoms. The fourth-order valence-electron chi connectivity index (χ4n) is 3.63. The van der Waals surface area contributed by atoms with Crippen LogP contribution in [0.15, 0.2) is 34.1 Å². The number of hydrogen-bond acceptors (Lipinski definition) is 3. The lowest BCUT2D eigenvalue weighted by Crippen LogP contribution is -2.46. The zero-order chi connectivity index (χ0) is 17.3. The number of rotatable bonds is 4. The Labute approximate surface area is 155 Å². The number of piperidine rings is 1. The second kappa shape index (κ2) is 7.38. The zero-order valence-corrected chi connectivity index (χ0v) is 16.4. The summed E-state index contributed by atoms with van der Waals surface area (Å²) in [6.45, 7) is 5.04. The Hall–Kier alpha value is -1.17. The molecule has 2 unspecified atom stereocenters. The predicted octanol–water partition coefficient (Wildman–Crippen LogP) is 5.16. The van der Waals surface area contributed by atoms with Gasteiger partial charge in [0.1, 0.15) is 6.04 Å². The number of halogens is 1. The van der Waals surface area contributed by atoms with Gasteiger partial charge in [-0.3, -0.25) is 9.69 Å². The van der Waals surface area contributed by atoms with Crippen molar-refractivity contribution in [2.24, 2.45) is 0 Å². The molecule has 2 atom stereocenters. The Morgan fingerprint density at radius 3 is 2.71 bits per heavy atom. The Bertz CT molecular complexity index is 743. The van der Waals surface area contributed by atoms with Gasteiger partial charge in [0.15, 0.2) is 0 Å². The molecular formula is C19H22BrNO2S. The van der Waals surface area contributed by atoms with E-state index in [2.05, 4.69) is 65.0 Å². The molecule has 1 aromatic heterocycles. The minimum absolute atomic E-state index is 0.00306. The highest BCUT2D eigenvalue weighted by molar-refractivity contribution is 9.11. The van der Waals surface area contributed by atoms with Crippen LogP contribution in [0.5, 0.6) is 0 Å². The van der Waals surface area contributed by atoms with E-state index in [1.54, 1.807) is 11.3 Å². The lowest BCUT2D eigenvalue weighted by molar-refractivity contribution is -0.145. The highest BCUT2D eigenvalue weighted by atomic mass is 79.9. The molecule has 3 rings (SSSR count). The maximum absolute atomic E-state index is 11.8. The van der Waals surface area contributed by atoms with Crippen molar-refractivity contribution >= 4 is 33.2 Å². The number of carboxylic acids is 1. The van der Waals surface area contributed by atoms with Crippen molar-refractivity contribution in [3.63, 3.8) is 0 Å². The van der Waals surface area contributed by atoms with E-state index in [9.17, 15) is 9.90 Å². The molecule has 3 nitrogen and oxygen atoms in total. The van der Waals surface area contributed by atoms with Crippen LogP contribution < -0.4 is 0 Å². The van der Waals surface area contributed by atoms with E-state index in [1.807, 2.05) is 0 Å². The molecule has 2 heterocycles. The maximum Gasteiger partial charge on any atom is 0.320 e. The first-order valence-electron chi connectivity index (χ1n) is 8.28. The first-order chi connectivity index (χ1) is 11.5. The van der Waals surface area contributed by atoms with E-state index in [-0.39, 0.29) is 6.04 Å². The number of carboxylic acid groups (broad SMARTS) is 1. The molecule has 0 spiro atoms. The van der Waals surface area contributed by atoms with E-state index in [1.165, 1.54) is 21.6 Å². The molecular weight excluding hydrogens is 386 g/mol. The lowest BCUT2D eigenvalue weighted by Gasteiger charge is -2.39. The minimum Gasteiger partial charge on any atom is -0.480 e. The van der Waals surface area contributed by atoms with Crippen molar-refractivity contribution in [2.75, 3.05) is 6.54 Å². The molecule has 1 saturated heterocycles. The van der Waals surface area contributed by atoms with Gasteiger partial charge in [-0.05, 0) is 72.4 Å². The van der Waals surface area contributed by atoms with Crippen molar-refractivity contribution in [2.45, 2.75) is 45.2 Å². The van der Waals surface area contributed by atoms with Gasteiger partial charge in [-0.25, -0.2) is 0 Å². The molecule has 24 heavy (non-hydrogen) atoms. The van der Waals surface area contributed by atoms with Crippen LogP contribution in [0.2, 0.25) is 0 Å². The maximum atomic E-state index is 11.8. The highest BCUT2D eigenvalue weighted by Crippen LogP contribution is 2.39.